The summed E-state index contributed by atoms with van der Waals surface area (Å²) >= 11 is 1.62. The predicted molar refractivity (Wildman–Crippen MR) is 82.3 cm³/mol. The average Bonchev–Trinajstić information content (AvgIpc) is 2.70. The van der Waals surface area contributed by atoms with Gasteiger partial charge in [-0.05, 0) is 43.0 Å². The molecule has 1 aromatic carbocycles. The Kier molecular flexibility index (Phi) is 4.05. The van der Waals surface area contributed by atoms with Gasteiger partial charge in [0.1, 0.15) is 0 Å². The molecule has 0 saturated heterocycles. The van der Waals surface area contributed by atoms with E-state index in [-0.39, 0.29) is 5.91 Å². The third kappa shape index (κ3) is 3.04. The van der Waals surface area contributed by atoms with Gasteiger partial charge >= 0.3 is 0 Å². The molecule has 0 bridgehead atoms. The Hall–Kier alpha value is -1.61. The second-order valence-electron chi connectivity index (χ2n) is 5.06. The van der Waals surface area contributed by atoms with E-state index in [0.29, 0.717) is 5.92 Å². The van der Waals surface area contributed by atoms with E-state index in [0.717, 1.165) is 16.8 Å². The van der Waals surface area contributed by atoms with Crippen LogP contribution in [0.4, 0.5) is 5.69 Å². The maximum atomic E-state index is 12.2. The van der Waals surface area contributed by atoms with Crippen molar-refractivity contribution in [3.05, 3.63) is 51.2 Å². The van der Waals surface area contributed by atoms with Crippen LogP contribution < -0.4 is 5.32 Å². The van der Waals surface area contributed by atoms with Crippen LogP contribution in [0.3, 0.4) is 0 Å². The Morgan fingerprint density at radius 2 is 1.79 bits per heavy atom. The summed E-state index contributed by atoms with van der Waals surface area (Å²) in [6, 6.07) is 8.04. The minimum absolute atomic E-state index is 0.0286. The largest absolute Gasteiger partial charge is 0.322 e. The van der Waals surface area contributed by atoms with Gasteiger partial charge in [-0.1, -0.05) is 26.0 Å². The number of amides is 1. The Morgan fingerprint density at radius 1 is 1.16 bits per heavy atom. The quantitative estimate of drug-likeness (QED) is 0.859. The zero-order valence-electron chi connectivity index (χ0n) is 11.8. The molecule has 1 amide bonds. The van der Waals surface area contributed by atoms with Gasteiger partial charge in [0.05, 0.1) is 5.56 Å². The standard InChI is InChI=1S/C16H19NOS/c1-10(2)13-5-7-14(8-6-13)17-16(18)15-9-19-12(4)11(15)3/h5-10H,1-4H3,(H,17,18). The van der Waals surface area contributed by atoms with Crippen molar-refractivity contribution in [1.82, 2.24) is 0 Å². The molecule has 0 aliphatic rings. The van der Waals surface area contributed by atoms with Crippen LogP contribution in [0.1, 0.15) is 46.1 Å². The number of carbonyl (C=O) groups excluding carboxylic acids is 1. The first-order valence-corrected chi connectivity index (χ1v) is 7.33. The van der Waals surface area contributed by atoms with Crippen molar-refractivity contribution in [3.8, 4) is 0 Å². The molecule has 19 heavy (non-hydrogen) atoms. The highest BCUT2D eigenvalue weighted by Gasteiger charge is 2.12. The van der Waals surface area contributed by atoms with E-state index in [9.17, 15) is 4.79 Å². The molecule has 1 N–H and O–H groups in total. The summed E-state index contributed by atoms with van der Waals surface area (Å²) in [7, 11) is 0. The highest BCUT2D eigenvalue weighted by molar-refractivity contribution is 7.10. The Morgan fingerprint density at radius 3 is 2.26 bits per heavy atom. The fourth-order valence-electron chi connectivity index (χ4n) is 1.89. The zero-order valence-corrected chi connectivity index (χ0v) is 12.6. The molecule has 0 aliphatic carbocycles. The first-order chi connectivity index (χ1) is 8.99. The summed E-state index contributed by atoms with van der Waals surface area (Å²) in [6.45, 7) is 8.34. The molecule has 0 unspecified atom stereocenters. The molecule has 2 aromatic rings. The summed E-state index contributed by atoms with van der Waals surface area (Å²) in [5.74, 6) is 0.477. The maximum absolute atomic E-state index is 12.2. The minimum atomic E-state index is -0.0286. The van der Waals surface area contributed by atoms with Crippen molar-refractivity contribution in [2.24, 2.45) is 0 Å². The average molecular weight is 273 g/mol. The number of hydrogen-bond donors (Lipinski definition) is 1. The summed E-state index contributed by atoms with van der Waals surface area (Å²) < 4.78 is 0. The van der Waals surface area contributed by atoms with Gasteiger partial charge in [-0.3, -0.25) is 4.79 Å². The number of carbonyl (C=O) groups is 1. The summed E-state index contributed by atoms with van der Waals surface area (Å²) in [4.78, 5) is 13.4. The molecule has 2 nitrogen and oxygen atoms in total. The van der Waals surface area contributed by atoms with Crippen LogP contribution in [0, 0.1) is 13.8 Å². The molecule has 0 atom stereocenters. The lowest BCUT2D eigenvalue weighted by molar-refractivity contribution is 0.102. The molecule has 2 rings (SSSR count). The molecule has 0 saturated carbocycles. The molecule has 100 valence electrons. The second-order valence-corrected chi connectivity index (χ2v) is 6.15. The van der Waals surface area contributed by atoms with Crippen molar-refractivity contribution in [1.29, 1.82) is 0 Å². The molecule has 0 spiro atoms. The number of rotatable bonds is 3. The van der Waals surface area contributed by atoms with E-state index in [1.807, 2.05) is 31.4 Å². The third-order valence-corrected chi connectivity index (χ3v) is 4.38. The van der Waals surface area contributed by atoms with Crippen molar-refractivity contribution in [2.75, 3.05) is 5.32 Å². The summed E-state index contributed by atoms with van der Waals surface area (Å²) in [6.07, 6.45) is 0. The van der Waals surface area contributed by atoms with Crippen LogP contribution in [0.2, 0.25) is 0 Å². The monoisotopic (exact) mass is 273 g/mol. The molecular weight excluding hydrogens is 254 g/mol. The number of aryl methyl sites for hydroxylation is 1. The number of nitrogens with one attached hydrogen (secondary N) is 1. The summed E-state index contributed by atoms with van der Waals surface area (Å²) in [5.41, 5.74) is 3.97. The Labute approximate surface area is 118 Å². The van der Waals surface area contributed by atoms with E-state index in [1.165, 1.54) is 10.4 Å². The maximum Gasteiger partial charge on any atom is 0.256 e. The zero-order chi connectivity index (χ0) is 14.0. The molecule has 0 aliphatic heterocycles. The van der Waals surface area contributed by atoms with E-state index in [2.05, 4.69) is 31.3 Å². The van der Waals surface area contributed by atoms with Crippen LogP contribution in [-0.4, -0.2) is 5.91 Å². The minimum Gasteiger partial charge on any atom is -0.322 e. The normalized spacial score (nSPS) is 10.8. The molecule has 0 fully saturated rings. The number of hydrogen-bond acceptors (Lipinski definition) is 2. The van der Waals surface area contributed by atoms with Gasteiger partial charge in [0, 0.05) is 15.9 Å². The molecule has 1 aromatic heterocycles. The number of benzene rings is 1. The van der Waals surface area contributed by atoms with Gasteiger partial charge in [0.2, 0.25) is 0 Å². The summed E-state index contributed by atoms with van der Waals surface area (Å²) in [5, 5.41) is 4.87. The lowest BCUT2D eigenvalue weighted by Crippen LogP contribution is -2.12. The van der Waals surface area contributed by atoms with Gasteiger partial charge in [-0.15, -0.1) is 11.3 Å². The van der Waals surface area contributed by atoms with E-state index in [4.69, 9.17) is 0 Å². The fraction of sp³-hybridized carbons (Fsp3) is 0.312. The lowest BCUT2D eigenvalue weighted by Gasteiger charge is -2.08. The van der Waals surface area contributed by atoms with Crippen LogP contribution >= 0.6 is 11.3 Å². The van der Waals surface area contributed by atoms with Crippen molar-refractivity contribution in [3.63, 3.8) is 0 Å². The third-order valence-electron chi connectivity index (χ3n) is 3.37. The molecule has 1 heterocycles. The van der Waals surface area contributed by atoms with Crippen LogP contribution in [-0.2, 0) is 0 Å². The topological polar surface area (TPSA) is 29.1 Å². The Balaban J connectivity index is 2.13. The molecule has 0 radical (unpaired) electrons. The van der Waals surface area contributed by atoms with Crippen molar-refractivity contribution in [2.45, 2.75) is 33.6 Å². The van der Waals surface area contributed by atoms with Crippen LogP contribution in [0.25, 0.3) is 0 Å². The van der Waals surface area contributed by atoms with Gasteiger partial charge in [0.15, 0.2) is 0 Å². The van der Waals surface area contributed by atoms with Gasteiger partial charge < -0.3 is 5.32 Å². The van der Waals surface area contributed by atoms with E-state index < -0.39 is 0 Å². The van der Waals surface area contributed by atoms with Gasteiger partial charge in [-0.2, -0.15) is 0 Å². The van der Waals surface area contributed by atoms with Crippen LogP contribution in [0.5, 0.6) is 0 Å². The van der Waals surface area contributed by atoms with Crippen LogP contribution in [0.15, 0.2) is 29.6 Å². The lowest BCUT2D eigenvalue weighted by atomic mass is 10.0. The fourth-order valence-corrected chi connectivity index (χ4v) is 2.75. The first-order valence-electron chi connectivity index (χ1n) is 6.45. The highest BCUT2D eigenvalue weighted by atomic mass is 32.1. The van der Waals surface area contributed by atoms with Gasteiger partial charge in [0.25, 0.3) is 5.91 Å². The second kappa shape index (κ2) is 5.57. The number of thiophene rings is 1. The van der Waals surface area contributed by atoms with Crippen molar-refractivity contribution < 1.29 is 4.79 Å². The Bertz CT molecular complexity index is 581. The smallest absolute Gasteiger partial charge is 0.256 e. The van der Waals surface area contributed by atoms with E-state index >= 15 is 0 Å². The number of anilines is 1. The predicted octanol–water partition coefficient (Wildman–Crippen LogP) is 4.74. The van der Waals surface area contributed by atoms with Gasteiger partial charge in [-0.25, -0.2) is 0 Å². The first kappa shape index (κ1) is 13.8. The SMILES string of the molecule is Cc1scc(C(=O)Nc2ccc(C(C)C)cc2)c1C. The molecular formula is C16H19NOS. The van der Waals surface area contributed by atoms with E-state index in [1.54, 1.807) is 11.3 Å². The molecule has 3 heteroatoms. The highest BCUT2D eigenvalue weighted by Crippen LogP contribution is 2.22. The van der Waals surface area contributed by atoms with Crippen molar-refractivity contribution >= 4 is 22.9 Å².